The van der Waals surface area contributed by atoms with Gasteiger partial charge in [0.25, 0.3) is 0 Å². The quantitative estimate of drug-likeness (QED) is 0.652. The molecule has 2 bridgehead atoms. The number of anilines is 2. The first-order valence-electron chi connectivity index (χ1n) is 8.39. The van der Waals surface area contributed by atoms with Crippen molar-refractivity contribution in [2.24, 2.45) is 0 Å². The van der Waals surface area contributed by atoms with Crippen molar-refractivity contribution in [3.05, 3.63) is 41.9 Å². The van der Waals surface area contributed by atoms with Crippen molar-refractivity contribution >= 4 is 17.2 Å². The van der Waals surface area contributed by atoms with Gasteiger partial charge in [0.05, 0.1) is 30.7 Å². The molecule has 2 aliphatic heterocycles. The molecule has 0 amide bonds. The smallest absolute Gasteiger partial charge is 0.132 e. The highest BCUT2D eigenvalue weighted by Gasteiger charge is 2.34. The molecule has 4 rings (SSSR count). The lowest BCUT2D eigenvalue weighted by Crippen LogP contribution is -2.43. The van der Waals surface area contributed by atoms with Gasteiger partial charge in [-0.2, -0.15) is 0 Å². The molecule has 2 aliphatic rings. The standard InChI is InChI=1S/C18H21N5O2/c1-24-11-4-5-15(19)14(6-11)18(20)16-7-17(22-10-21-16)23-8-12-2-3-13(9-23)25-12/h4-7,10,12-13,20H,2-3,8-9,19H2,1H3. The second-order valence-electron chi connectivity index (χ2n) is 6.45. The fraction of sp³-hybridized carbons (Fsp3) is 0.389. The van der Waals surface area contributed by atoms with Gasteiger partial charge in [0.15, 0.2) is 0 Å². The highest BCUT2D eigenvalue weighted by Crippen LogP contribution is 2.29. The molecule has 0 radical (unpaired) electrons. The molecule has 130 valence electrons. The van der Waals surface area contributed by atoms with E-state index >= 15 is 0 Å². The Kier molecular flexibility index (Phi) is 4.01. The predicted octanol–water partition coefficient (Wildman–Crippen LogP) is 1.85. The fourth-order valence-corrected chi connectivity index (χ4v) is 3.48. The summed E-state index contributed by atoms with van der Waals surface area (Å²) in [6.45, 7) is 1.67. The van der Waals surface area contributed by atoms with E-state index in [2.05, 4.69) is 14.9 Å². The molecule has 0 saturated carbocycles. The fourth-order valence-electron chi connectivity index (χ4n) is 3.48. The van der Waals surface area contributed by atoms with E-state index in [4.69, 9.17) is 20.6 Å². The van der Waals surface area contributed by atoms with Crippen LogP contribution in [0.2, 0.25) is 0 Å². The van der Waals surface area contributed by atoms with Crippen LogP contribution in [-0.2, 0) is 4.74 Å². The second-order valence-corrected chi connectivity index (χ2v) is 6.45. The van der Waals surface area contributed by atoms with Gasteiger partial charge in [-0.15, -0.1) is 0 Å². The van der Waals surface area contributed by atoms with E-state index in [0.717, 1.165) is 31.7 Å². The van der Waals surface area contributed by atoms with Crippen LogP contribution in [0.5, 0.6) is 5.75 Å². The Labute approximate surface area is 146 Å². The summed E-state index contributed by atoms with van der Waals surface area (Å²) < 4.78 is 11.1. The summed E-state index contributed by atoms with van der Waals surface area (Å²) in [4.78, 5) is 10.9. The predicted molar refractivity (Wildman–Crippen MR) is 95.5 cm³/mol. The molecule has 1 aromatic carbocycles. The van der Waals surface area contributed by atoms with Crippen molar-refractivity contribution in [3.63, 3.8) is 0 Å². The Morgan fingerprint density at radius 2 is 2.00 bits per heavy atom. The van der Waals surface area contributed by atoms with Gasteiger partial charge in [0.1, 0.15) is 17.9 Å². The number of nitrogens with zero attached hydrogens (tertiary/aromatic N) is 3. The molecule has 3 heterocycles. The number of methoxy groups -OCH3 is 1. The topological polar surface area (TPSA) is 97.4 Å². The van der Waals surface area contributed by atoms with Gasteiger partial charge >= 0.3 is 0 Å². The minimum Gasteiger partial charge on any atom is -0.497 e. The number of nitrogens with one attached hydrogen (secondary N) is 1. The van der Waals surface area contributed by atoms with Gasteiger partial charge < -0.3 is 20.1 Å². The van der Waals surface area contributed by atoms with Gasteiger partial charge in [0, 0.05) is 30.4 Å². The van der Waals surface area contributed by atoms with Crippen LogP contribution in [0.25, 0.3) is 0 Å². The zero-order valence-corrected chi connectivity index (χ0v) is 14.1. The monoisotopic (exact) mass is 339 g/mol. The lowest BCUT2D eigenvalue weighted by Gasteiger charge is -2.33. The molecule has 3 N–H and O–H groups in total. The molecule has 2 aromatic rings. The van der Waals surface area contributed by atoms with Crippen molar-refractivity contribution < 1.29 is 9.47 Å². The van der Waals surface area contributed by atoms with Gasteiger partial charge in [-0.1, -0.05) is 0 Å². The maximum atomic E-state index is 8.52. The van der Waals surface area contributed by atoms with E-state index in [1.54, 1.807) is 25.3 Å². The maximum absolute atomic E-state index is 8.52. The lowest BCUT2D eigenvalue weighted by atomic mass is 10.0. The van der Waals surface area contributed by atoms with Crippen LogP contribution in [0.4, 0.5) is 11.5 Å². The summed E-state index contributed by atoms with van der Waals surface area (Å²) in [7, 11) is 1.59. The van der Waals surface area contributed by atoms with E-state index in [-0.39, 0.29) is 17.9 Å². The Bertz CT molecular complexity index is 798. The molecular weight excluding hydrogens is 318 g/mol. The summed E-state index contributed by atoms with van der Waals surface area (Å²) in [5.74, 6) is 1.49. The summed E-state index contributed by atoms with van der Waals surface area (Å²) in [6.07, 6.45) is 4.29. The van der Waals surface area contributed by atoms with Crippen LogP contribution in [0.15, 0.2) is 30.6 Å². The molecule has 2 unspecified atom stereocenters. The highest BCUT2D eigenvalue weighted by atomic mass is 16.5. The van der Waals surface area contributed by atoms with E-state index < -0.39 is 0 Å². The molecule has 0 spiro atoms. The first-order valence-corrected chi connectivity index (χ1v) is 8.39. The molecule has 2 atom stereocenters. The van der Waals surface area contributed by atoms with Gasteiger partial charge in [-0.25, -0.2) is 9.97 Å². The SMILES string of the molecule is COc1ccc(N)c(C(=N)c2cc(N3CC4CCC(C3)O4)ncn2)c1. The molecule has 7 nitrogen and oxygen atoms in total. The molecular formula is C18H21N5O2. The van der Waals surface area contributed by atoms with Gasteiger partial charge in [0.2, 0.25) is 0 Å². The third-order valence-electron chi connectivity index (χ3n) is 4.81. The first kappa shape index (κ1) is 15.8. The Balaban J connectivity index is 1.62. The van der Waals surface area contributed by atoms with Crippen LogP contribution >= 0.6 is 0 Å². The van der Waals surface area contributed by atoms with Gasteiger partial charge in [-0.3, -0.25) is 5.41 Å². The zero-order valence-electron chi connectivity index (χ0n) is 14.1. The Hall–Kier alpha value is -2.67. The number of morpholine rings is 1. The molecule has 2 saturated heterocycles. The number of nitrogen functional groups attached to an aromatic ring is 1. The molecule has 1 aromatic heterocycles. The van der Waals surface area contributed by atoms with Crippen LogP contribution in [0.1, 0.15) is 24.1 Å². The number of aromatic nitrogens is 2. The van der Waals surface area contributed by atoms with E-state index in [9.17, 15) is 0 Å². The number of nitrogens with two attached hydrogens (primary N) is 1. The van der Waals surface area contributed by atoms with E-state index in [0.29, 0.717) is 22.7 Å². The van der Waals surface area contributed by atoms with Crippen LogP contribution in [-0.4, -0.2) is 48.1 Å². The summed E-state index contributed by atoms with van der Waals surface area (Å²) in [5, 5.41) is 8.52. The number of fused-ring (bicyclic) bond motifs is 2. The zero-order chi connectivity index (χ0) is 17.4. The van der Waals surface area contributed by atoms with E-state index in [1.165, 1.54) is 6.33 Å². The lowest BCUT2D eigenvalue weighted by molar-refractivity contribution is 0.0302. The van der Waals surface area contributed by atoms with Crippen molar-refractivity contribution in [2.75, 3.05) is 30.8 Å². The molecule has 7 heteroatoms. The molecule has 25 heavy (non-hydrogen) atoms. The number of hydrogen-bond donors (Lipinski definition) is 2. The summed E-state index contributed by atoms with van der Waals surface area (Å²) in [5.41, 5.74) is 7.97. The Morgan fingerprint density at radius 3 is 2.72 bits per heavy atom. The Morgan fingerprint density at radius 1 is 1.24 bits per heavy atom. The molecule has 0 aliphatic carbocycles. The number of benzene rings is 1. The van der Waals surface area contributed by atoms with Crippen molar-refractivity contribution in [2.45, 2.75) is 25.0 Å². The number of rotatable bonds is 4. The maximum Gasteiger partial charge on any atom is 0.132 e. The largest absolute Gasteiger partial charge is 0.497 e. The van der Waals surface area contributed by atoms with Crippen molar-refractivity contribution in [3.8, 4) is 5.75 Å². The number of ether oxygens (including phenoxy) is 2. The average molecular weight is 339 g/mol. The van der Waals surface area contributed by atoms with E-state index in [1.807, 2.05) is 6.07 Å². The summed E-state index contributed by atoms with van der Waals surface area (Å²) in [6, 6.07) is 7.13. The van der Waals surface area contributed by atoms with Crippen LogP contribution in [0, 0.1) is 5.41 Å². The highest BCUT2D eigenvalue weighted by molar-refractivity contribution is 6.13. The first-order chi connectivity index (χ1) is 12.1. The summed E-state index contributed by atoms with van der Waals surface area (Å²) >= 11 is 0. The molecule has 2 fully saturated rings. The van der Waals surface area contributed by atoms with Crippen molar-refractivity contribution in [1.29, 1.82) is 5.41 Å². The minimum absolute atomic E-state index is 0.260. The van der Waals surface area contributed by atoms with Gasteiger partial charge in [-0.05, 0) is 31.0 Å². The van der Waals surface area contributed by atoms with Crippen LogP contribution < -0.4 is 15.4 Å². The minimum atomic E-state index is 0.260. The third kappa shape index (κ3) is 3.02. The van der Waals surface area contributed by atoms with Crippen LogP contribution in [0.3, 0.4) is 0 Å². The normalized spacial score (nSPS) is 22.0. The second kappa shape index (κ2) is 6.33. The average Bonchev–Trinajstić information content (AvgIpc) is 2.99. The number of hydrogen-bond acceptors (Lipinski definition) is 7. The third-order valence-corrected chi connectivity index (χ3v) is 4.81. The van der Waals surface area contributed by atoms with Crippen molar-refractivity contribution in [1.82, 2.24) is 9.97 Å².